The lowest BCUT2D eigenvalue weighted by molar-refractivity contribution is -0.114. The minimum Gasteiger partial charge on any atom is -0.507 e. The number of phenolic OH excluding ortho intramolecular Hbond substituents is 1. The molecule has 0 saturated carbocycles. The number of nitrogens with zero attached hydrogens (tertiary/aromatic N) is 2. The van der Waals surface area contributed by atoms with Crippen LogP contribution in [0.4, 0.5) is 17.1 Å². The zero-order valence-corrected chi connectivity index (χ0v) is 20.0. The molecule has 1 amide bonds. The van der Waals surface area contributed by atoms with Crippen molar-refractivity contribution in [1.29, 1.82) is 0 Å². The number of fused-ring (bicyclic) bond motifs is 1. The van der Waals surface area contributed by atoms with E-state index in [-0.39, 0.29) is 49.1 Å². The summed E-state index contributed by atoms with van der Waals surface area (Å²) in [5.41, 5.74) is 0.0492. The number of anilines is 1. The van der Waals surface area contributed by atoms with E-state index in [0.717, 1.165) is 12.1 Å². The van der Waals surface area contributed by atoms with Gasteiger partial charge in [0, 0.05) is 33.7 Å². The second kappa shape index (κ2) is 9.14. The Balaban J connectivity index is 2.32. The molecule has 0 radical (unpaired) electrons. The van der Waals surface area contributed by atoms with Crippen molar-refractivity contribution in [2.75, 3.05) is 12.4 Å². The smallest absolute Gasteiger partial charge is 0.262 e. The molecule has 0 saturated heterocycles. The van der Waals surface area contributed by atoms with Crippen LogP contribution in [0.2, 0.25) is 0 Å². The number of carbonyl (C=O) groups is 1. The first kappa shape index (κ1) is 24.7. The van der Waals surface area contributed by atoms with Crippen molar-refractivity contribution >= 4 is 73.2 Å². The van der Waals surface area contributed by atoms with Gasteiger partial charge in [-0.05, 0) is 42.5 Å². The van der Waals surface area contributed by atoms with Gasteiger partial charge in [0.05, 0.1) is 33.7 Å². The van der Waals surface area contributed by atoms with Crippen LogP contribution >= 0.6 is 21.4 Å². The molecule has 0 spiro atoms. The minimum absolute atomic E-state index is 0.0197. The fourth-order valence-electron chi connectivity index (χ4n) is 3.02. The molecule has 174 valence electrons. The molecular weight excluding hydrogens is 517 g/mol. The van der Waals surface area contributed by atoms with E-state index in [1.807, 2.05) is 0 Å². The van der Waals surface area contributed by atoms with Crippen molar-refractivity contribution in [3.05, 3.63) is 42.5 Å². The van der Waals surface area contributed by atoms with Gasteiger partial charge in [-0.1, -0.05) is 0 Å². The molecule has 0 aliphatic carbocycles. The fraction of sp³-hybridized carbons (Fsp3) is 0.105. The largest absolute Gasteiger partial charge is 0.507 e. The van der Waals surface area contributed by atoms with Gasteiger partial charge >= 0.3 is 0 Å². The molecular formula is C19H15Cl2N3O7S2. The van der Waals surface area contributed by atoms with Crippen molar-refractivity contribution in [1.82, 2.24) is 0 Å². The first-order chi connectivity index (χ1) is 15.3. The predicted molar refractivity (Wildman–Crippen MR) is 123 cm³/mol. The molecule has 0 fully saturated rings. The Morgan fingerprint density at radius 3 is 2.18 bits per heavy atom. The molecule has 33 heavy (non-hydrogen) atoms. The van der Waals surface area contributed by atoms with Gasteiger partial charge in [0.15, 0.2) is 0 Å². The van der Waals surface area contributed by atoms with Crippen LogP contribution < -0.4 is 10.1 Å². The molecule has 3 aromatic carbocycles. The first-order valence-corrected chi connectivity index (χ1v) is 13.5. The van der Waals surface area contributed by atoms with Crippen molar-refractivity contribution in [3.8, 4) is 11.5 Å². The topological polar surface area (TPSA) is 152 Å². The molecule has 2 N–H and O–H groups in total. The van der Waals surface area contributed by atoms with E-state index < -0.39 is 24.0 Å². The zero-order chi connectivity index (χ0) is 24.6. The van der Waals surface area contributed by atoms with Crippen LogP contribution in [0.15, 0.2) is 62.5 Å². The van der Waals surface area contributed by atoms with Crippen molar-refractivity contribution in [2.24, 2.45) is 10.2 Å². The second-order valence-electron chi connectivity index (χ2n) is 6.56. The lowest BCUT2D eigenvalue weighted by Crippen LogP contribution is -2.07. The Bertz CT molecular complexity index is 1520. The van der Waals surface area contributed by atoms with E-state index in [1.54, 1.807) is 0 Å². The molecule has 0 heterocycles. The number of azo groups is 1. The lowest BCUT2D eigenvalue weighted by Gasteiger charge is -2.13. The maximum atomic E-state index is 12.2. The van der Waals surface area contributed by atoms with Crippen LogP contribution in [0.5, 0.6) is 11.5 Å². The standard InChI is InChI=1S/C19H15Cl2N3O7S2/c1-10(25)22-12-5-8-17(33(21,29)30)19-13(4-6-15(26)18(12)19)23-24-14-9-11(32(20,27)28)3-7-16(14)31-2/h3-9,26H,1-2H3,(H,22,25). The van der Waals surface area contributed by atoms with Crippen LogP contribution in [-0.4, -0.2) is 35.0 Å². The zero-order valence-electron chi connectivity index (χ0n) is 16.9. The summed E-state index contributed by atoms with van der Waals surface area (Å²) in [6, 6.07) is 8.58. The number of hydrogen-bond donors (Lipinski definition) is 2. The Morgan fingerprint density at radius 2 is 1.61 bits per heavy atom. The van der Waals surface area contributed by atoms with Gasteiger partial charge in [0.2, 0.25) is 5.91 Å². The number of carbonyl (C=O) groups excluding carboxylic acids is 1. The highest BCUT2D eigenvalue weighted by Crippen LogP contribution is 2.43. The lowest BCUT2D eigenvalue weighted by atomic mass is 10.1. The molecule has 14 heteroatoms. The average molecular weight is 532 g/mol. The van der Waals surface area contributed by atoms with Crippen molar-refractivity contribution in [2.45, 2.75) is 16.7 Å². The van der Waals surface area contributed by atoms with Gasteiger partial charge in [-0.15, -0.1) is 10.2 Å². The third-order valence-corrected chi connectivity index (χ3v) is 7.06. The number of phenols is 1. The average Bonchev–Trinajstić information content (AvgIpc) is 2.71. The molecule has 10 nitrogen and oxygen atoms in total. The Morgan fingerprint density at radius 1 is 0.939 bits per heavy atom. The van der Waals surface area contributed by atoms with E-state index in [4.69, 9.17) is 26.1 Å². The monoisotopic (exact) mass is 531 g/mol. The van der Waals surface area contributed by atoms with E-state index in [0.29, 0.717) is 0 Å². The number of methoxy groups -OCH3 is 1. The Hall–Kier alpha value is -2.93. The summed E-state index contributed by atoms with van der Waals surface area (Å²) in [6.07, 6.45) is 0. The van der Waals surface area contributed by atoms with Gasteiger partial charge in [0.25, 0.3) is 18.1 Å². The number of halogens is 2. The summed E-state index contributed by atoms with van der Waals surface area (Å²) in [7, 11) is 3.92. The summed E-state index contributed by atoms with van der Waals surface area (Å²) in [5, 5.41) is 20.8. The number of amides is 1. The summed E-state index contributed by atoms with van der Waals surface area (Å²) in [6.45, 7) is 1.24. The number of ether oxygens (including phenoxy) is 1. The Labute approximate surface area is 197 Å². The third-order valence-electron chi connectivity index (χ3n) is 4.35. The molecule has 0 atom stereocenters. The van der Waals surface area contributed by atoms with Crippen LogP contribution in [0, 0.1) is 0 Å². The minimum atomic E-state index is -4.31. The summed E-state index contributed by atoms with van der Waals surface area (Å²) in [5.74, 6) is -0.647. The van der Waals surface area contributed by atoms with Gasteiger partial charge in [-0.25, -0.2) is 16.8 Å². The predicted octanol–water partition coefficient (Wildman–Crippen LogP) is 4.78. The van der Waals surface area contributed by atoms with E-state index in [2.05, 4.69) is 15.5 Å². The number of aromatic hydroxyl groups is 1. The van der Waals surface area contributed by atoms with Gasteiger partial charge in [0.1, 0.15) is 17.2 Å². The van der Waals surface area contributed by atoms with Crippen LogP contribution in [0.3, 0.4) is 0 Å². The first-order valence-electron chi connectivity index (χ1n) is 8.88. The Kier molecular flexibility index (Phi) is 6.84. The fourth-order valence-corrected chi connectivity index (χ4v) is 4.85. The van der Waals surface area contributed by atoms with Gasteiger partial charge in [-0.3, -0.25) is 4.79 Å². The summed E-state index contributed by atoms with van der Waals surface area (Å²) in [4.78, 5) is 10.9. The number of benzene rings is 3. The SMILES string of the molecule is COc1ccc(S(=O)(=O)Cl)cc1N=Nc1ccc(O)c2c(NC(C)=O)ccc(S(=O)(=O)Cl)c12. The van der Waals surface area contributed by atoms with E-state index in [1.165, 1.54) is 44.4 Å². The molecule has 0 unspecified atom stereocenters. The molecule has 0 aliphatic rings. The molecule has 0 aromatic heterocycles. The molecule has 3 rings (SSSR count). The van der Waals surface area contributed by atoms with E-state index in [9.17, 15) is 26.7 Å². The highest BCUT2D eigenvalue weighted by Gasteiger charge is 2.22. The van der Waals surface area contributed by atoms with Gasteiger partial charge in [-0.2, -0.15) is 0 Å². The van der Waals surface area contributed by atoms with Crippen LogP contribution in [0.25, 0.3) is 10.8 Å². The number of rotatable bonds is 6. The third kappa shape index (κ3) is 5.36. The maximum Gasteiger partial charge on any atom is 0.262 e. The highest BCUT2D eigenvalue weighted by atomic mass is 35.7. The number of nitrogens with one attached hydrogen (secondary N) is 1. The van der Waals surface area contributed by atoms with Crippen molar-refractivity contribution in [3.63, 3.8) is 0 Å². The maximum absolute atomic E-state index is 12.2. The number of hydrogen-bond acceptors (Lipinski definition) is 9. The molecule has 0 aliphatic heterocycles. The second-order valence-corrected chi connectivity index (χ2v) is 11.7. The summed E-state index contributed by atoms with van der Waals surface area (Å²) >= 11 is 0. The van der Waals surface area contributed by atoms with E-state index >= 15 is 0 Å². The van der Waals surface area contributed by atoms with Gasteiger partial charge < -0.3 is 15.2 Å². The van der Waals surface area contributed by atoms with Crippen LogP contribution in [-0.2, 0) is 22.9 Å². The van der Waals surface area contributed by atoms with Crippen LogP contribution in [0.1, 0.15) is 6.92 Å². The molecule has 3 aromatic rings. The quantitative estimate of drug-likeness (QED) is 0.342. The molecule has 0 bridgehead atoms. The highest BCUT2D eigenvalue weighted by molar-refractivity contribution is 8.14. The normalized spacial score (nSPS) is 12.2. The van der Waals surface area contributed by atoms with Crippen molar-refractivity contribution < 1.29 is 31.5 Å². The summed E-state index contributed by atoms with van der Waals surface area (Å²) < 4.78 is 52.9.